The molecule has 1 aromatic heterocycles. The van der Waals surface area contributed by atoms with Crippen molar-refractivity contribution >= 4 is 5.95 Å². The molecule has 1 aromatic carbocycles. The molecule has 4 heterocycles. The van der Waals surface area contributed by atoms with E-state index in [1.165, 1.54) is 36.2 Å². The van der Waals surface area contributed by atoms with Gasteiger partial charge >= 0.3 is 0 Å². The van der Waals surface area contributed by atoms with Crippen molar-refractivity contribution in [3.63, 3.8) is 0 Å². The molecule has 26 heavy (non-hydrogen) atoms. The zero-order valence-corrected chi connectivity index (χ0v) is 14.7. The van der Waals surface area contributed by atoms with Crippen molar-refractivity contribution in [2.75, 3.05) is 18.0 Å². The van der Waals surface area contributed by atoms with Crippen molar-refractivity contribution in [3.05, 3.63) is 52.9 Å². The lowest BCUT2D eigenvalue weighted by atomic mass is 9.98. The third kappa shape index (κ3) is 2.67. The predicted octanol–water partition coefficient (Wildman–Crippen LogP) is 3.62. The SMILES string of the molecule is Fc1ccc(CN2[C@@H]3CC[C@@H]2c2cnc(N4CCCC4)nc2C3)cc1F. The van der Waals surface area contributed by atoms with Gasteiger partial charge in [-0.05, 0) is 43.4 Å². The van der Waals surface area contributed by atoms with E-state index in [9.17, 15) is 8.78 Å². The molecule has 0 unspecified atom stereocenters. The Morgan fingerprint density at radius 2 is 1.92 bits per heavy atom. The van der Waals surface area contributed by atoms with Gasteiger partial charge in [0, 0.05) is 49.9 Å². The summed E-state index contributed by atoms with van der Waals surface area (Å²) in [5.41, 5.74) is 3.21. The van der Waals surface area contributed by atoms with E-state index < -0.39 is 11.6 Å². The van der Waals surface area contributed by atoms with Gasteiger partial charge in [0.25, 0.3) is 0 Å². The van der Waals surface area contributed by atoms with Gasteiger partial charge in [-0.15, -0.1) is 0 Å². The summed E-state index contributed by atoms with van der Waals surface area (Å²) in [6.45, 7) is 2.74. The number of fused-ring (bicyclic) bond motifs is 4. The van der Waals surface area contributed by atoms with E-state index in [1.54, 1.807) is 6.07 Å². The maximum atomic E-state index is 13.6. The highest BCUT2D eigenvalue weighted by Crippen LogP contribution is 2.44. The van der Waals surface area contributed by atoms with Crippen LogP contribution < -0.4 is 4.90 Å². The zero-order valence-electron chi connectivity index (χ0n) is 14.7. The molecular weight excluding hydrogens is 334 g/mol. The summed E-state index contributed by atoms with van der Waals surface area (Å²) in [6.07, 6.45) is 7.54. The van der Waals surface area contributed by atoms with E-state index in [-0.39, 0.29) is 6.04 Å². The Morgan fingerprint density at radius 3 is 2.73 bits per heavy atom. The average Bonchev–Trinajstić information content (AvgIpc) is 3.26. The Labute approximate surface area is 151 Å². The molecule has 3 aliphatic heterocycles. The minimum absolute atomic E-state index is 0.282. The quantitative estimate of drug-likeness (QED) is 0.841. The van der Waals surface area contributed by atoms with Crippen LogP contribution in [0.3, 0.4) is 0 Å². The standard InChI is InChI=1S/C20H22F2N4/c21-16-5-3-13(9-17(16)22)12-26-14-4-6-19(26)15-11-23-20(24-18(15)10-14)25-7-1-2-8-25/h3,5,9,11,14,19H,1-2,4,6-8,10,12H2/t14-,19-/m1/s1. The van der Waals surface area contributed by atoms with Gasteiger partial charge in [0.2, 0.25) is 5.95 Å². The molecule has 2 bridgehead atoms. The molecular formula is C20H22F2N4. The Morgan fingerprint density at radius 1 is 1.08 bits per heavy atom. The topological polar surface area (TPSA) is 32.3 Å². The smallest absolute Gasteiger partial charge is 0.225 e. The van der Waals surface area contributed by atoms with Crippen LogP contribution in [-0.2, 0) is 13.0 Å². The van der Waals surface area contributed by atoms with Gasteiger partial charge in [-0.2, -0.15) is 0 Å². The fourth-order valence-electron chi connectivity index (χ4n) is 4.73. The summed E-state index contributed by atoms with van der Waals surface area (Å²) >= 11 is 0. The van der Waals surface area contributed by atoms with E-state index >= 15 is 0 Å². The van der Waals surface area contributed by atoms with Gasteiger partial charge in [0.1, 0.15) is 0 Å². The number of benzene rings is 1. The lowest BCUT2D eigenvalue weighted by Gasteiger charge is -2.36. The molecule has 5 rings (SSSR count). The van der Waals surface area contributed by atoms with Crippen LogP contribution in [0.1, 0.15) is 48.5 Å². The Kier molecular flexibility index (Phi) is 3.89. The molecule has 2 aromatic rings. The first kappa shape index (κ1) is 16.1. The van der Waals surface area contributed by atoms with E-state index in [0.29, 0.717) is 12.6 Å². The zero-order chi connectivity index (χ0) is 17.7. The third-order valence-electron chi connectivity index (χ3n) is 6.06. The maximum absolute atomic E-state index is 13.6. The first-order valence-electron chi connectivity index (χ1n) is 9.49. The highest BCUT2D eigenvalue weighted by Gasteiger charge is 2.41. The fourth-order valence-corrected chi connectivity index (χ4v) is 4.73. The van der Waals surface area contributed by atoms with Crippen molar-refractivity contribution in [2.24, 2.45) is 0 Å². The molecule has 2 saturated heterocycles. The lowest BCUT2D eigenvalue weighted by molar-refractivity contribution is 0.166. The van der Waals surface area contributed by atoms with Crippen molar-refractivity contribution in [1.82, 2.24) is 14.9 Å². The summed E-state index contributed by atoms with van der Waals surface area (Å²) in [4.78, 5) is 14.2. The van der Waals surface area contributed by atoms with Crippen LogP contribution in [0.2, 0.25) is 0 Å². The van der Waals surface area contributed by atoms with Gasteiger partial charge in [0.05, 0.1) is 5.69 Å². The number of hydrogen-bond acceptors (Lipinski definition) is 4. The van der Waals surface area contributed by atoms with Crippen LogP contribution in [0.15, 0.2) is 24.4 Å². The number of anilines is 1. The number of nitrogens with zero attached hydrogens (tertiary/aromatic N) is 4. The normalized spacial score (nSPS) is 24.9. The van der Waals surface area contributed by atoms with Crippen LogP contribution >= 0.6 is 0 Å². The first-order valence-corrected chi connectivity index (χ1v) is 9.49. The highest BCUT2D eigenvalue weighted by atomic mass is 19.2. The summed E-state index contributed by atoms with van der Waals surface area (Å²) in [5.74, 6) is -0.691. The second-order valence-electron chi connectivity index (χ2n) is 7.64. The van der Waals surface area contributed by atoms with E-state index in [2.05, 4.69) is 14.8 Å². The third-order valence-corrected chi connectivity index (χ3v) is 6.06. The minimum atomic E-state index is -0.788. The molecule has 0 radical (unpaired) electrons. The van der Waals surface area contributed by atoms with E-state index in [4.69, 9.17) is 4.98 Å². The summed E-state index contributed by atoms with van der Waals surface area (Å²) < 4.78 is 26.8. The van der Waals surface area contributed by atoms with Crippen LogP contribution in [0.5, 0.6) is 0 Å². The predicted molar refractivity (Wildman–Crippen MR) is 94.8 cm³/mol. The molecule has 3 aliphatic rings. The molecule has 4 nitrogen and oxygen atoms in total. The molecule has 0 amide bonds. The summed E-state index contributed by atoms with van der Waals surface area (Å²) in [6, 6.07) is 4.92. The molecule has 0 saturated carbocycles. The van der Waals surface area contributed by atoms with Crippen LogP contribution in [0.4, 0.5) is 14.7 Å². The van der Waals surface area contributed by atoms with Crippen LogP contribution in [0.25, 0.3) is 0 Å². The number of hydrogen-bond donors (Lipinski definition) is 0. The van der Waals surface area contributed by atoms with Crippen molar-refractivity contribution < 1.29 is 8.78 Å². The second-order valence-corrected chi connectivity index (χ2v) is 7.64. The van der Waals surface area contributed by atoms with Gasteiger partial charge in [-0.1, -0.05) is 6.07 Å². The fraction of sp³-hybridized carbons (Fsp3) is 0.500. The summed E-state index contributed by atoms with van der Waals surface area (Å²) in [7, 11) is 0. The number of halogens is 2. The molecule has 0 aliphatic carbocycles. The Hall–Kier alpha value is -2.08. The van der Waals surface area contributed by atoms with Crippen molar-refractivity contribution in [2.45, 2.75) is 50.7 Å². The van der Waals surface area contributed by atoms with Crippen molar-refractivity contribution in [1.29, 1.82) is 0 Å². The molecule has 0 N–H and O–H groups in total. The van der Waals surface area contributed by atoms with Gasteiger partial charge in [-0.25, -0.2) is 18.7 Å². The Balaban J connectivity index is 1.41. The summed E-state index contributed by atoms with van der Waals surface area (Å²) in [5, 5.41) is 0. The monoisotopic (exact) mass is 356 g/mol. The lowest BCUT2D eigenvalue weighted by Crippen LogP contribution is -2.38. The van der Waals surface area contributed by atoms with E-state index in [0.717, 1.165) is 43.9 Å². The van der Waals surface area contributed by atoms with Gasteiger partial charge in [-0.3, -0.25) is 4.90 Å². The largest absolute Gasteiger partial charge is 0.341 e. The first-order chi connectivity index (χ1) is 12.7. The average molecular weight is 356 g/mol. The number of aromatic nitrogens is 2. The molecule has 2 fully saturated rings. The maximum Gasteiger partial charge on any atom is 0.225 e. The van der Waals surface area contributed by atoms with Gasteiger partial charge < -0.3 is 4.90 Å². The van der Waals surface area contributed by atoms with Crippen LogP contribution in [0, 0.1) is 11.6 Å². The van der Waals surface area contributed by atoms with Crippen molar-refractivity contribution in [3.8, 4) is 0 Å². The molecule has 2 atom stereocenters. The molecule has 0 spiro atoms. The number of rotatable bonds is 3. The molecule has 6 heteroatoms. The Bertz CT molecular complexity index is 835. The highest BCUT2D eigenvalue weighted by molar-refractivity contribution is 5.38. The minimum Gasteiger partial charge on any atom is -0.341 e. The molecule has 136 valence electrons. The van der Waals surface area contributed by atoms with Gasteiger partial charge in [0.15, 0.2) is 11.6 Å². The van der Waals surface area contributed by atoms with Crippen LogP contribution in [-0.4, -0.2) is 34.0 Å². The van der Waals surface area contributed by atoms with E-state index in [1.807, 2.05) is 6.20 Å². The second kappa shape index (κ2) is 6.27.